The minimum absolute atomic E-state index is 0.103. The van der Waals surface area contributed by atoms with Crippen LogP contribution in [0.1, 0.15) is 33.6 Å². The van der Waals surface area contributed by atoms with Crippen molar-refractivity contribution in [1.29, 1.82) is 0 Å². The van der Waals surface area contributed by atoms with Crippen molar-refractivity contribution in [1.82, 2.24) is 4.90 Å². The van der Waals surface area contributed by atoms with E-state index < -0.39 is 11.5 Å². The molecule has 1 aliphatic rings. The Morgan fingerprint density at radius 2 is 2.25 bits per heavy atom. The van der Waals surface area contributed by atoms with E-state index in [1.807, 2.05) is 0 Å². The second-order valence-electron chi connectivity index (χ2n) is 4.78. The fourth-order valence-corrected chi connectivity index (χ4v) is 2.67. The zero-order valence-corrected chi connectivity index (χ0v) is 10.8. The molecule has 1 N–H and O–H groups in total. The van der Waals surface area contributed by atoms with E-state index in [2.05, 4.69) is 13.8 Å². The van der Waals surface area contributed by atoms with E-state index in [9.17, 15) is 14.7 Å². The van der Waals surface area contributed by atoms with E-state index >= 15 is 0 Å². The van der Waals surface area contributed by atoms with Crippen molar-refractivity contribution >= 4 is 23.0 Å². The summed E-state index contributed by atoms with van der Waals surface area (Å²) < 4.78 is 0. The molecule has 0 radical (unpaired) electrons. The summed E-state index contributed by atoms with van der Waals surface area (Å²) in [6, 6.07) is 0. The summed E-state index contributed by atoms with van der Waals surface area (Å²) in [7, 11) is 0. The standard InChI is InChI=1S/C11H19NO3S/c1-8(2)4-5-11(3,9(13)14)12-6-7-16-10(12)15/h8H,4-7H2,1-3H3,(H,13,14). The van der Waals surface area contributed by atoms with Crippen molar-refractivity contribution < 1.29 is 14.7 Å². The molecule has 0 aromatic heterocycles. The molecule has 5 heteroatoms. The van der Waals surface area contributed by atoms with Gasteiger partial charge in [0.2, 0.25) is 0 Å². The number of hydrogen-bond acceptors (Lipinski definition) is 3. The number of nitrogens with zero attached hydrogens (tertiary/aromatic N) is 1. The topological polar surface area (TPSA) is 57.6 Å². The second kappa shape index (κ2) is 5.08. The number of carbonyl (C=O) groups is 2. The molecule has 4 nitrogen and oxygen atoms in total. The maximum Gasteiger partial charge on any atom is 0.329 e. The van der Waals surface area contributed by atoms with Crippen LogP contribution in [0.4, 0.5) is 4.79 Å². The quantitative estimate of drug-likeness (QED) is 0.808. The number of amides is 1. The molecule has 1 rings (SSSR count). The highest BCUT2D eigenvalue weighted by Gasteiger charge is 2.44. The molecule has 0 saturated carbocycles. The Morgan fingerprint density at radius 1 is 1.62 bits per heavy atom. The smallest absolute Gasteiger partial charge is 0.329 e. The zero-order valence-electron chi connectivity index (χ0n) is 10.0. The number of hydrogen-bond donors (Lipinski definition) is 1. The number of rotatable bonds is 5. The minimum Gasteiger partial charge on any atom is -0.480 e. The summed E-state index contributed by atoms with van der Waals surface area (Å²) in [5.41, 5.74) is -1.04. The van der Waals surface area contributed by atoms with Crippen LogP contribution in [0.25, 0.3) is 0 Å². The average molecular weight is 245 g/mol. The zero-order chi connectivity index (χ0) is 12.3. The average Bonchev–Trinajstić information content (AvgIpc) is 2.61. The van der Waals surface area contributed by atoms with Crippen molar-refractivity contribution in [3.63, 3.8) is 0 Å². The second-order valence-corrected chi connectivity index (χ2v) is 5.82. The molecule has 1 unspecified atom stereocenters. The third-order valence-corrected chi connectivity index (χ3v) is 3.88. The van der Waals surface area contributed by atoms with Gasteiger partial charge in [0.25, 0.3) is 5.24 Å². The van der Waals surface area contributed by atoms with Crippen molar-refractivity contribution in [3.05, 3.63) is 0 Å². The molecule has 0 spiro atoms. The van der Waals surface area contributed by atoms with E-state index in [0.29, 0.717) is 24.6 Å². The van der Waals surface area contributed by atoms with Gasteiger partial charge in [0.05, 0.1) is 0 Å². The van der Waals surface area contributed by atoms with Gasteiger partial charge in [0, 0.05) is 12.3 Å². The maximum absolute atomic E-state index is 11.6. The first-order chi connectivity index (χ1) is 7.38. The highest BCUT2D eigenvalue weighted by molar-refractivity contribution is 8.13. The Kier molecular flexibility index (Phi) is 4.24. The van der Waals surface area contributed by atoms with Gasteiger partial charge < -0.3 is 10.0 Å². The Balaban J connectivity index is 2.79. The number of thioether (sulfide) groups is 1. The fourth-order valence-electron chi connectivity index (χ4n) is 1.77. The Labute approximate surface area is 100 Å². The summed E-state index contributed by atoms with van der Waals surface area (Å²) in [6.07, 6.45) is 1.34. The monoisotopic (exact) mass is 245 g/mol. The third kappa shape index (κ3) is 2.70. The first-order valence-corrected chi connectivity index (χ1v) is 6.54. The molecule has 0 aliphatic carbocycles. The van der Waals surface area contributed by atoms with E-state index in [-0.39, 0.29) is 5.24 Å². The molecule has 1 amide bonds. The van der Waals surface area contributed by atoms with Crippen LogP contribution in [-0.2, 0) is 4.79 Å². The molecular weight excluding hydrogens is 226 g/mol. The van der Waals surface area contributed by atoms with Gasteiger partial charge in [-0.3, -0.25) is 4.79 Å². The Morgan fingerprint density at radius 3 is 2.62 bits per heavy atom. The van der Waals surface area contributed by atoms with Crippen LogP contribution >= 0.6 is 11.8 Å². The normalized spacial score (nSPS) is 20.2. The summed E-state index contributed by atoms with van der Waals surface area (Å²) >= 11 is 1.21. The molecule has 1 aliphatic heterocycles. The van der Waals surface area contributed by atoms with Crippen molar-refractivity contribution in [3.8, 4) is 0 Å². The predicted octanol–water partition coefficient (Wildman–Crippen LogP) is 2.43. The van der Waals surface area contributed by atoms with Crippen LogP contribution < -0.4 is 0 Å². The highest BCUT2D eigenvalue weighted by Crippen LogP contribution is 2.31. The molecule has 1 heterocycles. The van der Waals surface area contributed by atoms with Gasteiger partial charge in [-0.1, -0.05) is 25.6 Å². The van der Waals surface area contributed by atoms with Crippen molar-refractivity contribution in [2.45, 2.75) is 39.2 Å². The van der Waals surface area contributed by atoms with E-state index in [1.54, 1.807) is 6.92 Å². The molecule has 0 aromatic rings. The van der Waals surface area contributed by atoms with Gasteiger partial charge in [0.1, 0.15) is 5.54 Å². The van der Waals surface area contributed by atoms with Gasteiger partial charge in [-0.05, 0) is 25.7 Å². The Hall–Kier alpha value is -0.710. The summed E-state index contributed by atoms with van der Waals surface area (Å²) in [5, 5.41) is 9.22. The fraction of sp³-hybridized carbons (Fsp3) is 0.818. The predicted molar refractivity (Wildman–Crippen MR) is 64.7 cm³/mol. The summed E-state index contributed by atoms with van der Waals surface area (Å²) in [4.78, 5) is 24.5. The SMILES string of the molecule is CC(C)CCC(C)(C(=O)O)N1CCSC1=O. The number of carboxylic acids is 1. The van der Waals surface area contributed by atoms with Crippen LogP contribution in [0.2, 0.25) is 0 Å². The van der Waals surface area contributed by atoms with Crippen LogP contribution in [0.5, 0.6) is 0 Å². The first kappa shape index (κ1) is 13.4. The molecule has 1 fully saturated rings. The number of carboxylic acid groups (broad SMARTS) is 1. The van der Waals surface area contributed by atoms with Gasteiger partial charge in [-0.15, -0.1) is 0 Å². The number of carbonyl (C=O) groups excluding carboxylic acids is 1. The van der Waals surface area contributed by atoms with Crippen molar-refractivity contribution in [2.75, 3.05) is 12.3 Å². The lowest BCUT2D eigenvalue weighted by Crippen LogP contribution is -2.52. The lowest BCUT2D eigenvalue weighted by atomic mass is 9.90. The summed E-state index contributed by atoms with van der Waals surface area (Å²) in [6.45, 7) is 6.32. The summed E-state index contributed by atoms with van der Waals surface area (Å²) in [5.74, 6) is 0.247. The molecule has 0 bridgehead atoms. The maximum atomic E-state index is 11.6. The van der Waals surface area contributed by atoms with Crippen molar-refractivity contribution in [2.24, 2.45) is 5.92 Å². The number of aliphatic carboxylic acids is 1. The molecule has 16 heavy (non-hydrogen) atoms. The minimum atomic E-state index is -1.04. The highest BCUT2D eigenvalue weighted by atomic mass is 32.2. The van der Waals surface area contributed by atoms with E-state index in [4.69, 9.17) is 0 Å². The Bertz CT molecular complexity index is 293. The van der Waals surface area contributed by atoms with Crippen LogP contribution in [0.15, 0.2) is 0 Å². The molecular formula is C11H19NO3S. The third-order valence-electron chi connectivity index (χ3n) is 3.03. The molecule has 92 valence electrons. The lowest BCUT2D eigenvalue weighted by Gasteiger charge is -2.34. The van der Waals surface area contributed by atoms with Gasteiger partial charge in [-0.25, -0.2) is 4.79 Å². The molecule has 1 saturated heterocycles. The van der Waals surface area contributed by atoms with E-state index in [0.717, 1.165) is 6.42 Å². The lowest BCUT2D eigenvalue weighted by molar-refractivity contribution is -0.148. The van der Waals surface area contributed by atoms with Crippen LogP contribution in [0, 0.1) is 5.92 Å². The van der Waals surface area contributed by atoms with Crippen LogP contribution in [0.3, 0.4) is 0 Å². The first-order valence-electron chi connectivity index (χ1n) is 5.55. The van der Waals surface area contributed by atoms with E-state index in [1.165, 1.54) is 16.7 Å². The van der Waals surface area contributed by atoms with Gasteiger partial charge in [0.15, 0.2) is 0 Å². The van der Waals surface area contributed by atoms with Gasteiger partial charge >= 0.3 is 5.97 Å². The molecule has 0 aromatic carbocycles. The largest absolute Gasteiger partial charge is 0.480 e. The van der Waals surface area contributed by atoms with Crippen LogP contribution in [-0.4, -0.2) is 39.1 Å². The molecule has 1 atom stereocenters. The van der Waals surface area contributed by atoms with Gasteiger partial charge in [-0.2, -0.15) is 0 Å².